The first-order valence-electron chi connectivity index (χ1n) is 8.55. The highest BCUT2D eigenvalue weighted by Gasteiger charge is 2.22. The normalized spacial score (nSPS) is 13.1. The maximum absolute atomic E-state index is 12.4. The summed E-state index contributed by atoms with van der Waals surface area (Å²) in [4.78, 5) is 22.9. The average molecular weight is 355 g/mol. The van der Waals surface area contributed by atoms with Gasteiger partial charge in [0.15, 0.2) is 6.61 Å². The van der Waals surface area contributed by atoms with Crippen LogP contribution in [0.2, 0.25) is 0 Å². The van der Waals surface area contributed by atoms with Crippen LogP contribution in [0.4, 0.5) is 0 Å². The van der Waals surface area contributed by atoms with E-state index in [4.69, 9.17) is 14.6 Å². The fraction of sp³-hybridized carbons (Fsp3) is 0.300. The highest BCUT2D eigenvalue weighted by Crippen LogP contribution is 2.30. The molecule has 0 bridgehead atoms. The minimum atomic E-state index is -1.07. The number of ether oxygens (including phenoxy) is 2. The van der Waals surface area contributed by atoms with Gasteiger partial charge < -0.3 is 19.9 Å². The van der Waals surface area contributed by atoms with E-state index in [-0.39, 0.29) is 5.91 Å². The Labute approximate surface area is 151 Å². The van der Waals surface area contributed by atoms with Crippen molar-refractivity contribution in [3.8, 4) is 11.5 Å². The van der Waals surface area contributed by atoms with Crippen molar-refractivity contribution in [2.75, 3.05) is 13.2 Å². The van der Waals surface area contributed by atoms with Crippen molar-refractivity contribution in [3.63, 3.8) is 0 Å². The lowest BCUT2D eigenvalue weighted by Gasteiger charge is -2.12. The van der Waals surface area contributed by atoms with E-state index < -0.39 is 12.6 Å². The number of para-hydroxylation sites is 1. The van der Waals surface area contributed by atoms with Crippen molar-refractivity contribution in [3.05, 3.63) is 59.7 Å². The Morgan fingerprint density at radius 2 is 1.88 bits per heavy atom. The van der Waals surface area contributed by atoms with E-state index in [9.17, 15) is 9.59 Å². The molecule has 0 aromatic heterocycles. The molecule has 0 spiro atoms. The summed E-state index contributed by atoms with van der Waals surface area (Å²) in [7, 11) is 0. The lowest BCUT2D eigenvalue weighted by molar-refractivity contribution is -0.139. The standard InChI is InChI=1S/C20H21NO5/c22-19(23)13-25-17-6-3-5-15(10-17)20(24)21-11-16-4-1-2-7-18(16)26-12-14-8-9-14/h1-7,10,14H,8-9,11-13H2,(H,21,24)(H,22,23). The fourth-order valence-electron chi connectivity index (χ4n) is 2.43. The zero-order valence-electron chi connectivity index (χ0n) is 14.3. The molecular formula is C20H21NO5. The Morgan fingerprint density at radius 1 is 1.08 bits per heavy atom. The number of amides is 1. The minimum absolute atomic E-state index is 0.261. The number of rotatable bonds is 9. The summed E-state index contributed by atoms with van der Waals surface area (Å²) < 4.78 is 10.9. The first-order chi connectivity index (χ1) is 12.6. The Bertz CT molecular complexity index is 785. The van der Waals surface area contributed by atoms with Crippen molar-refractivity contribution in [1.82, 2.24) is 5.32 Å². The molecule has 1 aliphatic rings. The Kier molecular flexibility index (Phi) is 5.73. The number of hydrogen-bond acceptors (Lipinski definition) is 4. The van der Waals surface area contributed by atoms with Gasteiger partial charge >= 0.3 is 5.97 Å². The smallest absolute Gasteiger partial charge is 0.341 e. The van der Waals surface area contributed by atoms with Gasteiger partial charge in [-0.15, -0.1) is 0 Å². The first kappa shape index (κ1) is 17.8. The van der Waals surface area contributed by atoms with Crippen molar-refractivity contribution >= 4 is 11.9 Å². The van der Waals surface area contributed by atoms with Crippen LogP contribution in [0.15, 0.2) is 48.5 Å². The largest absolute Gasteiger partial charge is 0.493 e. The summed E-state index contributed by atoms with van der Waals surface area (Å²) in [5, 5.41) is 11.5. The van der Waals surface area contributed by atoms with Crippen LogP contribution in [0.5, 0.6) is 11.5 Å². The highest BCUT2D eigenvalue weighted by molar-refractivity contribution is 5.94. The Balaban J connectivity index is 1.58. The van der Waals surface area contributed by atoms with Gasteiger partial charge in [0.25, 0.3) is 5.91 Å². The number of nitrogens with one attached hydrogen (secondary N) is 1. The van der Waals surface area contributed by atoms with Gasteiger partial charge in [0.2, 0.25) is 0 Å². The summed E-state index contributed by atoms with van der Waals surface area (Å²) in [5.74, 6) is 0.461. The lowest BCUT2D eigenvalue weighted by Crippen LogP contribution is -2.23. The van der Waals surface area contributed by atoms with Crippen molar-refractivity contribution in [2.45, 2.75) is 19.4 Å². The van der Waals surface area contributed by atoms with Gasteiger partial charge in [-0.2, -0.15) is 0 Å². The fourth-order valence-corrected chi connectivity index (χ4v) is 2.43. The molecule has 2 aromatic carbocycles. The third kappa shape index (κ3) is 5.24. The van der Waals surface area contributed by atoms with Gasteiger partial charge in [-0.3, -0.25) is 4.79 Å². The molecule has 0 unspecified atom stereocenters. The molecule has 0 aliphatic heterocycles. The molecule has 2 aromatic rings. The molecular weight excluding hydrogens is 334 g/mol. The van der Waals surface area contributed by atoms with Crippen LogP contribution < -0.4 is 14.8 Å². The van der Waals surface area contributed by atoms with Crippen LogP contribution in [0.3, 0.4) is 0 Å². The van der Waals surface area contributed by atoms with Gasteiger partial charge in [0, 0.05) is 17.7 Å². The summed E-state index contributed by atoms with van der Waals surface area (Å²) in [5.41, 5.74) is 1.32. The molecule has 136 valence electrons. The lowest BCUT2D eigenvalue weighted by atomic mass is 10.1. The summed E-state index contributed by atoms with van der Waals surface area (Å²) in [6, 6.07) is 14.1. The second-order valence-electron chi connectivity index (χ2n) is 6.26. The minimum Gasteiger partial charge on any atom is -0.493 e. The quantitative estimate of drug-likeness (QED) is 0.722. The number of carboxylic acid groups (broad SMARTS) is 1. The molecule has 1 amide bonds. The summed E-state index contributed by atoms with van der Waals surface area (Å²) in [6.07, 6.45) is 2.44. The Morgan fingerprint density at radius 3 is 2.65 bits per heavy atom. The number of carbonyl (C=O) groups is 2. The topological polar surface area (TPSA) is 84.9 Å². The molecule has 0 atom stereocenters. The predicted octanol–water partition coefficient (Wildman–Crippen LogP) is 2.87. The number of hydrogen-bond donors (Lipinski definition) is 2. The third-order valence-corrected chi connectivity index (χ3v) is 4.04. The molecule has 26 heavy (non-hydrogen) atoms. The van der Waals surface area contributed by atoms with E-state index in [1.165, 1.54) is 18.9 Å². The van der Waals surface area contributed by atoms with Gasteiger partial charge in [0.1, 0.15) is 11.5 Å². The van der Waals surface area contributed by atoms with E-state index in [0.29, 0.717) is 30.4 Å². The molecule has 2 N–H and O–H groups in total. The molecule has 3 rings (SSSR count). The molecule has 0 heterocycles. The van der Waals surface area contributed by atoms with Crippen LogP contribution in [0.1, 0.15) is 28.8 Å². The third-order valence-electron chi connectivity index (χ3n) is 4.04. The number of carboxylic acids is 1. The summed E-state index contributed by atoms with van der Waals surface area (Å²) >= 11 is 0. The van der Waals surface area contributed by atoms with Crippen LogP contribution in [0.25, 0.3) is 0 Å². The second-order valence-corrected chi connectivity index (χ2v) is 6.26. The highest BCUT2D eigenvalue weighted by atomic mass is 16.5. The monoisotopic (exact) mass is 355 g/mol. The number of carbonyl (C=O) groups excluding carboxylic acids is 1. The SMILES string of the molecule is O=C(O)COc1cccc(C(=O)NCc2ccccc2OCC2CC2)c1. The molecule has 1 aliphatic carbocycles. The number of aliphatic carboxylic acids is 1. The zero-order chi connectivity index (χ0) is 18.4. The maximum atomic E-state index is 12.4. The van der Waals surface area contributed by atoms with E-state index in [2.05, 4.69) is 5.32 Å². The van der Waals surface area contributed by atoms with Crippen molar-refractivity contribution in [1.29, 1.82) is 0 Å². The van der Waals surface area contributed by atoms with Crippen molar-refractivity contribution < 1.29 is 24.2 Å². The number of benzene rings is 2. The molecule has 1 fully saturated rings. The van der Waals surface area contributed by atoms with Crippen LogP contribution in [0, 0.1) is 5.92 Å². The van der Waals surface area contributed by atoms with Crippen LogP contribution in [-0.2, 0) is 11.3 Å². The van der Waals surface area contributed by atoms with Crippen LogP contribution >= 0.6 is 0 Å². The van der Waals surface area contributed by atoms with Crippen molar-refractivity contribution in [2.24, 2.45) is 5.92 Å². The molecule has 0 radical (unpaired) electrons. The van der Waals surface area contributed by atoms with E-state index in [1.54, 1.807) is 18.2 Å². The second kappa shape index (κ2) is 8.38. The van der Waals surface area contributed by atoms with E-state index in [1.807, 2.05) is 24.3 Å². The molecule has 0 saturated heterocycles. The van der Waals surface area contributed by atoms with Gasteiger partial charge in [-0.05, 0) is 43.0 Å². The maximum Gasteiger partial charge on any atom is 0.341 e. The van der Waals surface area contributed by atoms with E-state index >= 15 is 0 Å². The van der Waals surface area contributed by atoms with Crippen LogP contribution in [-0.4, -0.2) is 30.2 Å². The first-order valence-corrected chi connectivity index (χ1v) is 8.55. The molecule has 1 saturated carbocycles. The van der Waals surface area contributed by atoms with Gasteiger partial charge in [0.05, 0.1) is 6.61 Å². The average Bonchev–Trinajstić information content (AvgIpc) is 3.48. The summed E-state index contributed by atoms with van der Waals surface area (Å²) in [6.45, 7) is 0.616. The van der Waals surface area contributed by atoms with E-state index in [0.717, 1.165) is 11.3 Å². The Hall–Kier alpha value is -3.02. The molecule has 6 nitrogen and oxygen atoms in total. The van der Waals surface area contributed by atoms with Gasteiger partial charge in [-0.25, -0.2) is 4.79 Å². The molecule has 6 heteroatoms. The zero-order valence-corrected chi connectivity index (χ0v) is 14.3. The van der Waals surface area contributed by atoms with Gasteiger partial charge in [-0.1, -0.05) is 24.3 Å². The predicted molar refractivity (Wildman–Crippen MR) is 95.4 cm³/mol.